The lowest BCUT2D eigenvalue weighted by molar-refractivity contribution is -0.144. The number of hydrogen-bond donors (Lipinski definition) is 1. The number of carbonyl (C=O) groups excluding carboxylic acids is 2. The Kier molecular flexibility index (Phi) is 5.21. The van der Waals surface area contributed by atoms with E-state index < -0.39 is 0 Å². The van der Waals surface area contributed by atoms with Crippen LogP contribution in [0.5, 0.6) is 0 Å². The Balaban J connectivity index is 1.69. The average molecular weight is 332 g/mol. The molecule has 6 nitrogen and oxygen atoms in total. The van der Waals surface area contributed by atoms with Gasteiger partial charge in [0.2, 0.25) is 11.8 Å². The van der Waals surface area contributed by atoms with E-state index in [4.69, 9.17) is 0 Å². The van der Waals surface area contributed by atoms with E-state index in [-0.39, 0.29) is 24.4 Å². The van der Waals surface area contributed by atoms with Gasteiger partial charge in [0.15, 0.2) is 0 Å². The summed E-state index contributed by atoms with van der Waals surface area (Å²) < 4.78 is 1.74. The molecule has 0 bridgehead atoms. The molecule has 1 aliphatic carbocycles. The van der Waals surface area contributed by atoms with Crippen molar-refractivity contribution in [3.05, 3.63) is 17.5 Å². The number of nitrogens with zero attached hydrogens (tertiary/aromatic N) is 3. The summed E-state index contributed by atoms with van der Waals surface area (Å²) in [5.74, 6) is 0.571. The minimum Gasteiger partial charge on any atom is -0.353 e. The number of aryl methyl sites for hydroxylation is 2. The van der Waals surface area contributed by atoms with Crippen molar-refractivity contribution < 1.29 is 9.59 Å². The zero-order valence-corrected chi connectivity index (χ0v) is 14.8. The lowest BCUT2D eigenvalue weighted by atomic mass is 9.84. The lowest BCUT2D eigenvalue weighted by Crippen LogP contribution is -2.58. The predicted molar refractivity (Wildman–Crippen MR) is 91.4 cm³/mol. The van der Waals surface area contributed by atoms with Crippen LogP contribution in [0.4, 0.5) is 0 Å². The summed E-state index contributed by atoms with van der Waals surface area (Å²) in [5, 5.41) is 7.30. The second-order valence-electron chi connectivity index (χ2n) is 7.22. The van der Waals surface area contributed by atoms with Crippen molar-refractivity contribution in [2.75, 3.05) is 13.1 Å². The topological polar surface area (TPSA) is 67.2 Å². The molecule has 1 unspecified atom stereocenters. The average Bonchev–Trinajstić information content (AvgIpc) is 2.87. The molecule has 2 heterocycles. The van der Waals surface area contributed by atoms with Crippen molar-refractivity contribution in [2.45, 2.75) is 65.0 Å². The summed E-state index contributed by atoms with van der Waals surface area (Å²) in [7, 11) is 0. The van der Waals surface area contributed by atoms with Crippen molar-refractivity contribution in [3.63, 3.8) is 0 Å². The molecule has 0 spiro atoms. The molecule has 1 atom stereocenters. The fourth-order valence-corrected chi connectivity index (χ4v) is 4.04. The van der Waals surface area contributed by atoms with Gasteiger partial charge in [-0.25, -0.2) is 0 Å². The van der Waals surface area contributed by atoms with Gasteiger partial charge < -0.3 is 10.2 Å². The SMILES string of the molecule is Cc1cc(C)n(CC(=O)N2CCNC(=O)C2CC2CCCCC2)n1. The maximum absolute atomic E-state index is 12.8. The lowest BCUT2D eigenvalue weighted by Gasteiger charge is -2.37. The van der Waals surface area contributed by atoms with E-state index in [1.54, 1.807) is 9.58 Å². The molecular weight excluding hydrogens is 304 g/mol. The molecule has 0 radical (unpaired) electrons. The van der Waals surface area contributed by atoms with Crippen molar-refractivity contribution in [1.29, 1.82) is 0 Å². The molecular formula is C18H28N4O2. The molecule has 2 amide bonds. The van der Waals surface area contributed by atoms with E-state index in [0.717, 1.165) is 17.8 Å². The molecule has 1 N–H and O–H groups in total. The molecule has 2 aliphatic rings. The number of piperazine rings is 1. The van der Waals surface area contributed by atoms with Gasteiger partial charge >= 0.3 is 0 Å². The van der Waals surface area contributed by atoms with Crippen LogP contribution in [-0.2, 0) is 16.1 Å². The van der Waals surface area contributed by atoms with Gasteiger partial charge in [0.1, 0.15) is 12.6 Å². The van der Waals surface area contributed by atoms with Gasteiger partial charge in [0.05, 0.1) is 5.69 Å². The van der Waals surface area contributed by atoms with Gasteiger partial charge in [-0.3, -0.25) is 14.3 Å². The van der Waals surface area contributed by atoms with Crippen molar-refractivity contribution in [3.8, 4) is 0 Å². The van der Waals surface area contributed by atoms with E-state index in [1.165, 1.54) is 32.1 Å². The zero-order chi connectivity index (χ0) is 17.1. The fourth-order valence-electron chi connectivity index (χ4n) is 4.04. The van der Waals surface area contributed by atoms with Crippen LogP contribution in [0, 0.1) is 19.8 Å². The summed E-state index contributed by atoms with van der Waals surface area (Å²) >= 11 is 0. The first-order valence-electron chi connectivity index (χ1n) is 9.13. The third-order valence-corrected chi connectivity index (χ3v) is 5.32. The van der Waals surface area contributed by atoms with Crippen LogP contribution >= 0.6 is 0 Å². The summed E-state index contributed by atoms with van der Waals surface area (Å²) in [6.07, 6.45) is 6.96. The highest BCUT2D eigenvalue weighted by molar-refractivity contribution is 5.88. The normalized spacial score (nSPS) is 22.5. The van der Waals surface area contributed by atoms with Gasteiger partial charge in [-0.15, -0.1) is 0 Å². The smallest absolute Gasteiger partial charge is 0.245 e. The highest BCUT2D eigenvalue weighted by Gasteiger charge is 2.35. The van der Waals surface area contributed by atoms with Crippen LogP contribution in [0.15, 0.2) is 6.07 Å². The van der Waals surface area contributed by atoms with Gasteiger partial charge in [-0.05, 0) is 32.3 Å². The maximum Gasteiger partial charge on any atom is 0.245 e. The van der Waals surface area contributed by atoms with Gasteiger partial charge in [-0.1, -0.05) is 32.1 Å². The Morgan fingerprint density at radius 2 is 2.04 bits per heavy atom. The number of aromatic nitrogens is 2. The molecule has 24 heavy (non-hydrogen) atoms. The Hall–Kier alpha value is -1.85. The summed E-state index contributed by atoms with van der Waals surface area (Å²) in [5.41, 5.74) is 1.89. The molecule has 2 fully saturated rings. The second kappa shape index (κ2) is 7.36. The Morgan fingerprint density at radius 3 is 2.71 bits per heavy atom. The van der Waals surface area contributed by atoms with Crippen LogP contribution in [0.3, 0.4) is 0 Å². The third-order valence-electron chi connectivity index (χ3n) is 5.32. The standard InChI is InChI=1S/C18H28N4O2/c1-13-10-14(2)22(20-13)12-17(23)21-9-8-19-18(24)16(21)11-15-6-4-3-5-7-15/h10,15-16H,3-9,11-12H2,1-2H3,(H,19,24). The van der Waals surface area contributed by atoms with Crippen LogP contribution in [0.1, 0.15) is 49.9 Å². The summed E-state index contributed by atoms with van der Waals surface area (Å²) in [6.45, 7) is 5.24. The number of amides is 2. The molecule has 1 saturated heterocycles. The Bertz CT molecular complexity index is 604. The maximum atomic E-state index is 12.8. The quantitative estimate of drug-likeness (QED) is 0.914. The molecule has 1 aromatic rings. The monoisotopic (exact) mass is 332 g/mol. The number of nitrogens with one attached hydrogen (secondary N) is 1. The van der Waals surface area contributed by atoms with E-state index in [9.17, 15) is 9.59 Å². The van der Waals surface area contributed by atoms with E-state index in [1.807, 2.05) is 19.9 Å². The first-order chi connectivity index (χ1) is 11.5. The fraction of sp³-hybridized carbons (Fsp3) is 0.722. The molecule has 132 valence electrons. The molecule has 0 aromatic carbocycles. The van der Waals surface area contributed by atoms with Crippen LogP contribution in [-0.4, -0.2) is 45.6 Å². The highest BCUT2D eigenvalue weighted by Crippen LogP contribution is 2.29. The summed E-state index contributed by atoms with van der Waals surface area (Å²) in [4.78, 5) is 27.0. The van der Waals surface area contributed by atoms with Gasteiger partial charge in [-0.2, -0.15) is 5.10 Å². The molecule has 1 aliphatic heterocycles. The van der Waals surface area contributed by atoms with Crippen LogP contribution in [0.2, 0.25) is 0 Å². The number of rotatable bonds is 4. The molecule has 1 saturated carbocycles. The third kappa shape index (κ3) is 3.79. The Morgan fingerprint density at radius 1 is 1.29 bits per heavy atom. The van der Waals surface area contributed by atoms with Crippen molar-refractivity contribution >= 4 is 11.8 Å². The highest BCUT2D eigenvalue weighted by atomic mass is 16.2. The van der Waals surface area contributed by atoms with Crippen LogP contribution in [0.25, 0.3) is 0 Å². The number of hydrogen-bond acceptors (Lipinski definition) is 3. The van der Waals surface area contributed by atoms with Crippen LogP contribution < -0.4 is 5.32 Å². The predicted octanol–water partition coefficient (Wildman–Crippen LogP) is 1.80. The van der Waals surface area contributed by atoms with E-state index in [2.05, 4.69) is 10.4 Å². The largest absolute Gasteiger partial charge is 0.353 e. The van der Waals surface area contributed by atoms with Crippen molar-refractivity contribution in [2.24, 2.45) is 5.92 Å². The first kappa shape index (κ1) is 17.0. The minimum atomic E-state index is -0.314. The zero-order valence-electron chi connectivity index (χ0n) is 14.8. The molecule has 3 rings (SSSR count). The van der Waals surface area contributed by atoms with E-state index in [0.29, 0.717) is 19.0 Å². The van der Waals surface area contributed by atoms with E-state index >= 15 is 0 Å². The minimum absolute atomic E-state index is 0.00291. The van der Waals surface area contributed by atoms with Gasteiger partial charge in [0, 0.05) is 18.8 Å². The van der Waals surface area contributed by atoms with Gasteiger partial charge in [0.25, 0.3) is 0 Å². The molecule has 6 heteroatoms. The first-order valence-corrected chi connectivity index (χ1v) is 9.13. The summed E-state index contributed by atoms with van der Waals surface area (Å²) in [6, 6.07) is 1.65. The Labute approximate surface area is 143 Å². The second-order valence-corrected chi connectivity index (χ2v) is 7.22. The van der Waals surface area contributed by atoms with Crippen molar-refractivity contribution in [1.82, 2.24) is 20.0 Å². The number of carbonyl (C=O) groups is 2. The molecule has 1 aromatic heterocycles.